The molecule has 0 aromatic rings. The van der Waals surface area contributed by atoms with Gasteiger partial charge in [-0.15, -0.1) is 0 Å². The summed E-state index contributed by atoms with van der Waals surface area (Å²) in [5.41, 5.74) is -1.76. The molecule has 0 radical (unpaired) electrons. The van der Waals surface area contributed by atoms with E-state index in [2.05, 4.69) is 6.92 Å². The first-order valence-corrected chi connectivity index (χ1v) is 6.11. The summed E-state index contributed by atoms with van der Waals surface area (Å²) >= 11 is 0. The van der Waals surface area contributed by atoms with Gasteiger partial charge in [0, 0.05) is 12.3 Å². The van der Waals surface area contributed by atoms with E-state index in [0.29, 0.717) is 6.42 Å². The minimum atomic E-state index is -1.76. The van der Waals surface area contributed by atoms with Gasteiger partial charge in [0.15, 0.2) is 5.41 Å². The van der Waals surface area contributed by atoms with Crippen molar-refractivity contribution in [2.75, 3.05) is 0 Å². The zero-order valence-electron chi connectivity index (χ0n) is 10.1. The Morgan fingerprint density at radius 1 is 1.18 bits per heavy atom. The minimum Gasteiger partial charge on any atom is -0.480 e. The number of aliphatic hydroxyl groups is 1. The van der Waals surface area contributed by atoms with E-state index >= 15 is 0 Å². The SMILES string of the molecule is CCCCCCC1C(O)CC1(C(=O)O)C(=O)O. The number of carboxylic acids is 2. The Morgan fingerprint density at radius 2 is 1.76 bits per heavy atom. The first-order valence-electron chi connectivity index (χ1n) is 6.11. The van der Waals surface area contributed by atoms with Crippen molar-refractivity contribution in [3.05, 3.63) is 0 Å². The van der Waals surface area contributed by atoms with Crippen molar-refractivity contribution < 1.29 is 24.9 Å². The van der Waals surface area contributed by atoms with E-state index in [9.17, 15) is 14.7 Å². The lowest BCUT2D eigenvalue weighted by molar-refractivity contribution is -0.195. The monoisotopic (exact) mass is 244 g/mol. The number of unbranched alkanes of at least 4 members (excludes halogenated alkanes) is 3. The van der Waals surface area contributed by atoms with Crippen LogP contribution in [-0.2, 0) is 9.59 Å². The number of aliphatic carboxylic acids is 2. The van der Waals surface area contributed by atoms with E-state index in [1.807, 2.05) is 0 Å². The number of carboxylic acid groups (broad SMARTS) is 2. The predicted molar refractivity (Wildman–Crippen MR) is 60.6 cm³/mol. The number of hydrogen-bond donors (Lipinski definition) is 3. The average molecular weight is 244 g/mol. The van der Waals surface area contributed by atoms with Gasteiger partial charge in [0.1, 0.15) is 0 Å². The summed E-state index contributed by atoms with van der Waals surface area (Å²) in [6.45, 7) is 2.07. The van der Waals surface area contributed by atoms with Crippen molar-refractivity contribution in [3.8, 4) is 0 Å². The number of carbonyl (C=O) groups is 2. The Labute approximate surface area is 100 Å². The maximum absolute atomic E-state index is 11.1. The highest BCUT2D eigenvalue weighted by atomic mass is 16.4. The molecule has 5 nitrogen and oxygen atoms in total. The van der Waals surface area contributed by atoms with Gasteiger partial charge >= 0.3 is 11.9 Å². The lowest BCUT2D eigenvalue weighted by Crippen LogP contribution is -2.60. The molecule has 3 N–H and O–H groups in total. The highest BCUT2D eigenvalue weighted by molar-refractivity contribution is 6.00. The fourth-order valence-electron chi connectivity index (χ4n) is 2.60. The van der Waals surface area contributed by atoms with Gasteiger partial charge in [0.25, 0.3) is 0 Å². The lowest BCUT2D eigenvalue weighted by Gasteiger charge is -2.47. The first-order chi connectivity index (χ1) is 7.96. The van der Waals surface area contributed by atoms with Gasteiger partial charge < -0.3 is 15.3 Å². The van der Waals surface area contributed by atoms with Crippen molar-refractivity contribution in [2.24, 2.45) is 11.3 Å². The van der Waals surface area contributed by atoms with Crippen LogP contribution in [0.15, 0.2) is 0 Å². The van der Waals surface area contributed by atoms with Gasteiger partial charge in [-0.25, -0.2) is 0 Å². The van der Waals surface area contributed by atoms with Crippen LogP contribution in [0.5, 0.6) is 0 Å². The first kappa shape index (κ1) is 14.0. The molecule has 17 heavy (non-hydrogen) atoms. The maximum atomic E-state index is 11.1. The summed E-state index contributed by atoms with van der Waals surface area (Å²) in [6.07, 6.45) is 3.36. The summed E-state index contributed by atoms with van der Waals surface area (Å²) in [5, 5.41) is 27.7. The van der Waals surface area contributed by atoms with Crippen molar-refractivity contribution >= 4 is 11.9 Å². The molecule has 0 bridgehead atoms. The van der Waals surface area contributed by atoms with Crippen LogP contribution >= 0.6 is 0 Å². The average Bonchev–Trinajstić information content (AvgIpc) is 2.24. The number of hydrogen-bond acceptors (Lipinski definition) is 3. The molecule has 2 atom stereocenters. The van der Waals surface area contributed by atoms with Crippen LogP contribution < -0.4 is 0 Å². The van der Waals surface area contributed by atoms with E-state index in [1.165, 1.54) is 0 Å². The second-order valence-electron chi connectivity index (χ2n) is 4.81. The second-order valence-corrected chi connectivity index (χ2v) is 4.81. The van der Waals surface area contributed by atoms with Gasteiger partial charge in [-0.1, -0.05) is 32.6 Å². The summed E-state index contributed by atoms with van der Waals surface area (Å²) in [7, 11) is 0. The summed E-state index contributed by atoms with van der Waals surface area (Å²) < 4.78 is 0. The molecular weight excluding hydrogens is 224 g/mol. The van der Waals surface area contributed by atoms with E-state index in [1.54, 1.807) is 0 Å². The van der Waals surface area contributed by atoms with Gasteiger partial charge in [-0.2, -0.15) is 0 Å². The van der Waals surface area contributed by atoms with Crippen LogP contribution in [0.2, 0.25) is 0 Å². The quantitative estimate of drug-likeness (QED) is 0.466. The van der Waals surface area contributed by atoms with E-state index < -0.39 is 29.4 Å². The zero-order chi connectivity index (χ0) is 13.1. The van der Waals surface area contributed by atoms with Gasteiger partial charge in [-0.05, 0) is 6.42 Å². The highest BCUT2D eigenvalue weighted by Crippen LogP contribution is 2.50. The molecule has 0 amide bonds. The Balaban J connectivity index is 2.61. The summed E-state index contributed by atoms with van der Waals surface area (Å²) in [6, 6.07) is 0. The predicted octanol–water partition coefficient (Wildman–Crippen LogP) is 1.49. The molecule has 1 fully saturated rings. The van der Waals surface area contributed by atoms with Crippen LogP contribution in [0.25, 0.3) is 0 Å². The van der Waals surface area contributed by atoms with E-state index in [0.717, 1.165) is 25.7 Å². The zero-order valence-corrected chi connectivity index (χ0v) is 10.1. The number of aliphatic hydroxyl groups excluding tert-OH is 1. The van der Waals surface area contributed by atoms with Crippen molar-refractivity contribution in [2.45, 2.75) is 51.6 Å². The number of rotatable bonds is 7. The van der Waals surface area contributed by atoms with Crippen LogP contribution in [0.4, 0.5) is 0 Å². The van der Waals surface area contributed by atoms with Crippen LogP contribution in [0.3, 0.4) is 0 Å². The Bertz CT molecular complexity index is 285. The Kier molecular flexibility index (Phi) is 4.51. The molecule has 0 heterocycles. The molecular formula is C12H20O5. The Morgan fingerprint density at radius 3 is 2.18 bits per heavy atom. The van der Waals surface area contributed by atoms with Gasteiger partial charge in [0.2, 0.25) is 0 Å². The van der Waals surface area contributed by atoms with Crippen molar-refractivity contribution in [1.82, 2.24) is 0 Å². The molecule has 0 aromatic heterocycles. The van der Waals surface area contributed by atoms with Crippen molar-refractivity contribution in [3.63, 3.8) is 0 Å². The molecule has 1 rings (SSSR count). The third kappa shape index (κ3) is 2.44. The molecule has 1 aliphatic carbocycles. The smallest absolute Gasteiger partial charge is 0.321 e. The standard InChI is InChI=1S/C12H20O5/c1-2-3-4-5-6-8-9(13)7-12(8,10(14)15)11(16)17/h8-9,13H,2-7H2,1H3,(H,14,15)(H,16,17). The van der Waals surface area contributed by atoms with E-state index in [4.69, 9.17) is 10.2 Å². The molecule has 0 spiro atoms. The van der Waals surface area contributed by atoms with Crippen molar-refractivity contribution in [1.29, 1.82) is 0 Å². The maximum Gasteiger partial charge on any atom is 0.321 e. The van der Waals surface area contributed by atoms with Gasteiger partial charge in [-0.3, -0.25) is 9.59 Å². The molecule has 1 aliphatic rings. The normalized spacial score (nSPS) is 26.2. The molecule has 0 saturated heterocycles. The Hall–Kier alpha value is -1.10. The summed E-state index contributed by atoms with van der Waals surface area (Å²) in [4.78, 5) is 22.2. The fourth-order valence-corrected chi connectivity index (χ4v) is 2.60. The lowest BCUT2D eigenvalue weighted by atomic mass is 9.56. The van der Waals surface area contributed by atoms with Gasteiger partial charge in [0.05, 0.1) is 6.10 Å². The van der Waals surface area contributed by atoms with Crippen LogP contribution in [-0.4, -0.2) is 33.4 Å². The van der Waals surface area contributed by atoms with Crippen LogP contribution in [0.1, 0.15) is 45.4 Å². The third-order valence-electron chi connectivity index (χ3n) is 3.76. The molecule has 98 valence electrons. The second kappa shape index (κ2) is 5.49. The minimum absolute atomic E-state index is 0.171. The molecule has 5 heteroatoms. The highest BCUT2D eigenvalue weighted by Gasteiger charge is 2.63. The molecule has 0 aromatic carbocycles. The topological polar surface area (TPSA) is 94.8 Å². The molecule has 0 aliphatic heterocycles. The third-order valence-corrected chi connectivity index (χ3v) is 3.76. The summed E-state index contributed by atoms with van der Waals surface area (Å²) in [5.74, 6) is -3.29. The fraction of sp³-hybridized carbons (Fsp3) is 0.833. The largest absolute Gasteiger partial charge is 0.480 e. The van der Waals surface area contributed by atoms with Crippen LogP contribution in [0, 0.1) is 11.3 Å². The molecule has 2 unspecified atom stereocenters. The molecule has 1 saturated carbocycles. The van der Waals surface area contributed by atoms with E-state index in [-0.39, 0.29) is 6.42 Å².